The number of carbonyl (C=O) groups is 1. The maximum absolute atomic E-state index is 11.9. The van der Waals surface area contributed by atoms with E-state index < -0.39 is 6.10 Å². The number of aliphatic hydroxyl groups is 1. The third-order valence-electron chi connectivity index (χ3n) is 4.77. The molecule has 0 aliphatic heterocycles. The number of rotatable bonds is 12. The normalized spacial score (nSPS) is 13.6. The number of anilines is 1. The second-order valence-corrected chi connectivity index (χ2v) is 9.08. The van der Waals surface area contributed by atoms with Crippen molar-refractivity contribution in [3.05, 3.63) is 60.2 Å². The standard InChI is InChI=1S/C23H33N3O2S/c1-17(2)12-13-26(29-22-10-8-20(24)9-11-22)16-21(27)15-19(23(25)28)14-18-6-4-3-5-7-18/h3-11,17,19,21,27H,12-16,24H2,1-2H3,(H2,25,28)/t19-,21+/m1/s1. The summed E-state index contributed by atoms with van der Waals surface area (Å²) in [5.74, 6) is -0.188. The predicted octanol–water partition coefficient (Wildman–Crippen LogP) is 3.72. The topological polar surface area (TPSA) is 92.6 Å². The van der Waals surface area contributed by atoms with E-state index in [-0.39, 0.29) is 11.8 Å². The van der Waals surface area contributed by atoms with E-state index in [0.29, 0.717) is 25.3 Å². The van der Waals surface area contributed by atoms with Gasteiger partial charge in [-0.1, -0.05) is 44.2 Å². The first-order valence-corrected chi connectivity index (χ1v) is 10.9. The van der Waals surface area contributed by atoms with Gasteiger partial charge in [-0.2, -0.15) is 0 Å². The molecule has 0 saturated carbocycles. The van der Waals surface area contributed by atoms with Crippen LogP contribution in [-0.2, 0) is 11.2 Å². The molecule has 0 spiro atoms. The van der Waals surface area contributed by atoms with Crippen LogP contribution >= 0.6 is 11.9 Å². The number of nitrogen functional groups attached to an aromatic ring is 1. The van der Waals surface area contributed by atoms with E-state index in [2.05, 4.69) is 18.2 Å². The van der Waals surface area contributed by atoms with Crippen LogP contribution in [-0.4, -0.2) is 34.5 Å². The average Bonchev–Trinajstić information content (AvgIpc) is 2.68. The van der Waals surface area contributed by atoms with Gasteiger partial charge in [0.05, 0.1) is 6.10 Å². The van der Waals surface area contributed by atoms with Crippen molar-refractivity contribution >= 4 is 23.5 Å². The van der Waals surface area contributed by atoms with Gasteiger partial charge in [-0.05, 0) is 67.0 Å². The van der Waals surface area contributed by atoms with Crippen molar-refractivity contribution in [2.45, 2.75) is 44.1 Å². The highest BCUT2D eigenvalue weighted by Gasteiger charge is 2.22. The molecule has 0 fully saturated rings. The summed E-state index contributed by atoms with van der Waals surface area (Å²) in [5, 5.41) is 10.7. The van der Waals surface area contributed by atoms with Crippen molar-refractivity contribution in [2.24, 2.45) is 17.6 Å². The van der Waals surface area contributed by atoms with Crippen molar-refractivity contribution in [1.29, 1.82) is 0 Å². The number of nitrogens with zero attached hydrogens (tertiary/aromatic N) is 1. The van der Waals surface area contributed by atoms with Gasteiger partial charge in [0.25, 0.3) is 0 Å². The van der Waals surface area contributed by atoms with E-state index in [1.165, 1.54) is 0 Å². The van der Waals surface area contributed by atoms with E-state index >= 15 is 0 Å². The summed E-state index contributed by atoms with van der Waals surface area (Å²) in [6, 6.07) is 17.5. The second kappa shape index (κ2) is 11.9. The van der Waals surface area contributed by atoms with Crippen LogP contribution in [0.15, 0.2) is 59.5 Å². The number of benzene rings is 2. The molecule has 2 rings (SSSR count). The van der Waals surface area contributed by atoms with E-state index in [0.717, 1.165) is 29.1 Å². The van der Waals surface area contributed by atoms with E-state index in [1.54, 1.807) is 11.9 Å². The lowest BCUT2D eigenvalue weighted by atomic mass is 9.93. The highest BCUT2D eigenvalue weighted by atomic mass is 32.2. The molecular weight excluding hydrogens is 382 g/mol. The zero-order valence-electron chi connectivity index (χ0n) is 17.3. The molecule has 1 amide bonds. The smallest absolute Gasteiger partial charge is 0.220 e. The summed E-state index contributed by atoms with van der Waals surface area (Å²) in [6.07, 6.45) is 1.29. The largest absolute Gasteiger partial charge is 0.399 e. The minimum Gasteiger partial charge on any atom is -0.399 e. The molecule has 0 aromatic heterocycles. The Labute approximate surface area is 178 Å². The maximum Gasteiger partial charge on any atom is 0.220 e. The molecule has 29 heavy (non-hydrogen) atoms. The number of amides is 1. The Balaban J connectivity index is 1.99. The first-order chi connectivity index (χ1) is 13.8. The van der Waals surface area contributed by atoms with Crippen molar-refractivity contribution < 1.29 is 9.90 Å². The third-order valence-corrected chi connectivity index (χ3v) is 5.84. The van der Waals surface area contributed by atoms with Gasteiger partial charge < -0.3 is 16.6 Å². The van der Waals surface area contributed by atoms with Crippen LogP contribution in [0.4, 0.5) is 5.69 Å². The average molecular weight is 416 g/mol. The Kier molecular flexibility index (Phi) is 9.51. The molecule has 2 atom stereocenters. The van der Waals surface area contributed by atoms with Gasteiger partial charge in [-0.3, -0.25) is 4.79 Å². The van der Waals surface area contributed by atoms with Gasteiger partial charge in [0, 0.05) is 29.6 Å². The predicted molar refractivity (Wildman–Crippen MR) is 121 cm³/mol. The number of nitrogens with two attached hydrogens (primary N) is 2. The van der Waals surface area contributed by atoms with Gasteiger partial charge in [0.15, 0.2) is 0 Å². The minimum atomic E-state index is -0.635. The summed E-state index contributed by atoms with van der Waals surface area (Å²) >= 11 is 1.61. The molecule has 0 unspecified atom stereocenters. The van der Waals surface area contributed by atoms with Crippen molar-refractivity contribution in [3.63, 3.8) is 0 Å². The van der Waals surface area contributed by atoms with Gasteiger partial charge in [0.1, 0.15) is 0 Å². The van der Waals surface area contributed by atoms with Crippen LogP contribution < -0.4 is 11.5 Å². The van der Waals surface area contributed by atoms with Crippen LogP contribution in [0.1, 0.15) is 32.3 Å². The highest BCUT2D eigenvalue weighted by Crippen LogP contribution is 2.26. The fraction of sp³-hybridized carbons (Fsp3) is 0.435. The summed E-state index contributed by atoms with van der Waals surface area (Å²) in [5.41, 5.74) is 13.2. The first-order valence-electron chi connectivity index (χ1n) is 10.1. The molecule has 5 N–H and O–H groups in total. The lowest BCUT2D eigenvalue weighted by Crippen LogP contribution is -2.34. The molecule has 2 aromatic rings. The molecule has 158 valence electrons. The Morgan fingerprint density at radius 3 is 2.34 bits per heavy atom. The SMILES string of the molecule is CC(C)CCN(C[C@@H](O)C[C@@H](Cc1ccccc1)C(N)=O)Sc1ccc(N)cc1. The molecule has 5 nitrogen and oxygen atoms in total. The molecule has 0 radical (unpaired) electrons. The third kappa shape index (κ3) is 8.90. The molecule has 0 heterocycles. The number of primary amides is 1. The summed E-state index contributed by atoms with van der Waals surface area (Å²) in [6.45, 7) is 5.70. The van der Waals surface area contributed by atoms with Crippen LogP contribution in [0, 0.1) is 11.8 Å². The van der Waals surface area contributed by atoms with Crippen molar-refractivity contribution in [3.8, 4) is 0 Å². The summed E-state index contributed by atoms with van der Waals surface area (Å²) < 4.78 is 2.16. The molecule has 2 aromatic carbocycles. The molecule has 6 heteroatoms. The zero-order valence-corrected chi connectivity index (χ0v) is 18.1. The van der Waals surface area contributed by atoms with E-state index in [4.69, 9.17) is 11.5 Å². The van der Waals surface area contributed by atoms with Gasteiger partial charge in [-0.25, -0.2) is 4.31 Å². The van der Waals surface area contributed by atoms with Gasteiger partial charge >= 0.3 is 0 Å². The maximum atomic E-state index is 11.9. The van der Waals surface area contributed by atoms with Crippen LogP contribution in [0.3, 0.4) is 0 Å². The summed E-state index contributed by atoms with van der Waals surface area (Å²) in [4.78, 5) is 13.0. The summed E-state index contributed by atoms with van der Waals surface area (Å²) in [7, 11) is 0. The quantitative estimate of drug-likeness (QED) is 0.363. The van der Waals surface area contributed by atoms with Crippen LogP contribution in [0.25, 0.3) is 0 Å². The van der Waals surface area contributed by atoms with Gasteiger partial charge in [0.2, 0.25) is 5.91 Å². The zero-order chi connectivity index (χ0) is 21.2. The molecule has 0 aliphatic carbocycles. The molecule has 0 saturated heterocycles. The Hall–Kier alpha value is -2.02. The van der Waals surface area contributed by atoms with Crippen LogP contribution in [0.5, 0.6) is 0 Å². The minimum absolute atomic E-state index is 0.352. The highest BCUT2D eigenvalue weighted by molar-refractivity contribution is 7.97. The Bertz CT molecular complexity index is 738. The molecule has 0 aliphatic rings. The number of aliphatic hydroxyl groups excluding tert-OH is 1. The Morgan fingerprint density at radius 2 is 1.76 bits per heavy atom. The van der Waals surface area contributed by atoms with Gasteiger partial charge in [-0.15, -0.1) is 0 Å². The Morgan fingerprint density at radius 1 is 1.10 bits per heavy atom. The van der Waals surface area contributed by atoms with Crippen molar-refractivity contribution in [1.82, 2.24) is 4.31 Å². The van der Waals surface area contributed by atoms with E-state index in [1.807, 2.05) is 54.6 Å². The second-order valence-electron chi connectivity index (χ2n) is 7.91. The monoisotopic (exact) mass is 415 g/mol. The van der Waals surface area contributed by atoms with Crippen molar-refractivity contribution in [2.75, 3.05) is 18.8 Å². The fourth-order valence-electron chi connectivity index (χ4n) is 3.09. The first kappa shape index (κ1) is 23.3. The molecular formula is C23H33N3O2S. The number of carbonyl (C=O) groups excluding carboxylic acids is 1. The number of hydrogen-bond acceptors (Lipinski definition) is 5. The molecule has 0 bridgehead atoms. The number of hydrogen-bond donors (Lipinski definition) is 3. The van der Waals surface area contributed by atoms with Crippen LogP contribution in [0.2, 0.25) is 0 Å². The lowest BCUT2D eigenvalue weighted by Gasteiger charge is -2.26. The van der Waals surface area contributed by atoms with E-state index in [9.17, 15) is 9.90 Å². The lowest BCUT2D eigenvalue weighted by molar-refractivity contribution is -0.122. The fourth-order valence-corrected chi connectivity index (χ4v) is 4.09.